The Balaban J connectivity index is 2.31. The van der Waals surface area contributed by atoms with Gasteiger partial charge in [-0.2, -0.15) is 0 Å². The Morgan fingerprint density at radius 3 is 3.15 bits per heavy atom. The van der Waals surface area contributed by atoms with Crippen LogP contribution in [0.25, 0.3) is 10.4 Å². The van der Waals surface area contributed by atoms with E-state index in [1.807, 2.05) is 0 Å². The fraction of sp³-hybridized carbons (Fsp3) is 0.462. The summed E-state index contributed by atoms with van der Waals surface area (Å²) >= 11 is 0. The first kappa shape index (κ1) is 14.3. The monoisotopic (exact) mass is 278 g/mol. The maximum Gasteiger partial charge on any atom is 0.330 e. The molecule has 106 valence electrons. The molecule has 0 saturated heterocycles. The molecule has 1 atom stereocenters. The van der Waals surface area contributed by atoms with E-state index in [-0.39, 0.29) is 12.4 Å². The van der Waals surface area contributed by atoms with Gasteiger partial charge in [-0.15, -0.1) is 0 Å². The van der Waals surface area contributed by atoms with Crippen LogP contribution in [-0.2, 0) is 21.5 Å². The maximum atomic E-state index is 13.3. The highest BCUT2D eigenvalue weighted by atomic mass is 19.1. The molecule has 0 aromatic heterocycles. The van der Waals surface area contributed by atoms with Gasteiger partial charge in [0.25, 0.3) is 0 Å². The van der Waals surface area contributed by atoms with E-state index in [1.54, 1.807) is 6.07 Å². The number of ether oxygens (including phenoxy) is 1. The van der Waals surface area contributed by atoms with Crippen LogP contribution in [0.15, 0.2) is 23.3 Å². The summed E-state index contributed by atoms with van der Waals surface area (Å²) in [6.07, 6.45) is 1.09. The predicted molar refractivity (Wildman–Crippen MR) is 70.4 cm³/mol. The van der Waals surface area contributed by atoms with Gasteiger partial charge >= 0.3 is 5.97 Å². The molecule has 0 spiro atoms. The molecule has 1 aliphatic carbocycles. The predicted octanol–water partition coefficient (Wildman–Crippen LogP) is 2.04. The molecule has 0 amide bonds. The molecule has 1 aromatic carbocycles. The lowest BCUT2D eigenvalue weighted by Crippen LogP contribution is -2.49. The lowest BCUT2D eigenvalue weighted by atomic mass is 9.91. The summed E-state index contributed by atoms with van der Waals surface area (Å²) in [5, 5.41) is 6.52. The minimum absolute atomic E-state index is 0.228. The smallest absolute Gasteiger partial charge is 0.330 e. The van der Waals surface area contributed by atoms with Crippen LogP contribution in [0.2, 0.25) is 0 Å². The van der Waals surface area contributed by atoms with Crippen LogP contribution in [-0.4, -0.2) is 26.2 Å². The van der Waals surface area contributed by atoms with Crippen molar-refractivity contribution in [2.75, 3.05) is 20.2 Å². The highest BCUT2D eigenvalue weighted by Gasteiger charge is 2.46. The Kier molecular flexibility index (Phi) is 4.22. The molecule has 0 fully saturated rings. The number of hydrogen-bond acceptors (Lipinski definition) is 4. The van der Waals surface area contributed by atoms with Crippen LogP contribution >= 0.6 is 0 Å². The second-order valence-corrected chi connectivity index (χ2v) is 4.58. The number of nitrogens with one attached hydrogen (secondary N) is 1. The van der Waals surface area contributed by atoms with Gasteiger partial charge in [-0.3, -0.25) is 5.32 Å². The summed E-state index contributed by atoms with van der Waals surface area (Å²) in [5.74, 6) is -0.734. The number of halogens is 1. The zero-order chi connectivity index (χ0) is 14.6. The van der Waals surface area contributed by atoms with E-state index in [9.17, 15) is 9.18 Å². The summed E-state index contributed by atoms with van der Waals surface area (Å²) < 4.78 is 18.1. The number of aryl methyl sites for hydroxylation is 1. The lowest BCUT2D eigenvalue weighted by molar-refractivity contribution is -0.149. The topological polar surface area (TPSA) is 87.1 Å². The van der Waals surface area contributed by atoms with E-state index in [1.165, 1.54) is 19.2 Å². The van der Waals surface area contributed by atoms with Gasteiger partial charge < -0.3 is 4.74 Å². The number of hydrogen-bond donors (Lipinski definition) is 1. The van der Waals surface area contributed by atoms with E-state index in [2.05, 4.69) is 15.3 Å². The summed E-state index contributed by atoms with van der Waals surface area (Å²) in [4.78, 5) is 14.8. The maximum absolute atomic E-state index is 13.3. The Hall–Kier alpha value is -2.11. The minimum atomic E-state index is -0.983. The molecule has 0 bridgehead atoms. The molecule has 1 aliphatic rings. The van der Waals surface area contributed by atoms with Gasteiger partial charge in [-0.1, -0.05) is 11.2 Å². The van der Waals surface area contributed by atoms with Crippen LogP contribution in [0.1, 0.15) is 17.5 Å². The lowest BCUT2D eigenvalue weighted by Gasteiger charge is -2.28. The summed E-state index contributed by atoms with van der Waals surface area (Å²) in [6.45, 7) is 0.571. The number of nitrogens with zero attached hydrogens (tertiary/aromatic N) is 3. The van der Waals surface area contributed by atoms with Gasteiger partial charge in [0.05, 0.1) is 7.11 Å². The molecule has 1 aromatic rings. The number of fused-ring (bicyclic) bond motifs is 1. The molecule has 1 N–H and O–H groups in total. The SMILES string of the molecule is COC(=O)C1(NCCN=[N+]=[N-])CCc2cc(F)ccc21. The fourth-order valence-corrected chi connectivity index (χ4v) is 2.65. The average molecular weight is 278 g/mol. The number of benzene rings is 1. The Morgan fingerprint density at radius 2 is 2.45 bits per heavy atom. The van der Waals surface area contributed by atoms with Gasteiger partial charge in [-0.25, -0.2) is 9.18 Å². The highest BCUT2D eigenvalue weighted by Crippen LogP contribution is 2.38. The average Bonchev–Trinajstić information content (AvgIpc) is 2.82. The number of methoxy groups -OCH3 is 1. The van der Waals surface area contributed by atoms with E-state index in [0.29, 0.717) is 19.4 Å². The van der Waals surface area contributed by atoms with Crippen LogP contribution in [0.4, 0.5) is 4.39 Å². The first-order valence-electron chi connectivity index (χ1n) is 6.27. The number of carbonyl (C=O) groups is 1. The summed E-state index contributed by atoms with van der Waals surface area (Å²) in [6, 6.07) is 4.38. The van der Waals surface area contributed by atoms with Gasteiger partial charge in [-0.05, 0) is 41.6 Å². The van der Waals surface area contributed by atoms with E-state index >= 15 is 0 Å². The van der Waals surface area contributed by atoms with Crippen molar-refractivity contribution in [3.63, 3.8) is 0 Å². The largest absolute Gasteiger partial charge is 0.467 e. The quantitative estimate of drug-likeness (QED) is 0.294. The molecular weight excluding hydrogens is 263 g/mol. The van der Waals surface area contributed by atoms with Crippen molar-refractivity contribution in [3.8, 4) is 0 Å². The summed E-state index contributed by atoms with van der Waals surface area (Å²) in [5.41, 5.74) is 8.81. The molecule has 0 heterocycles. The van der Waals surface area contributed by atoms with Crippen LogP contribution in [0, 0.1) is 5.82 Å². The molecular formula is C13H15FN4O2. The molecule has 0 saturated carbocycles. The van der Waals surface area contributed by atoms with Crippen molar-refractivity contribution in [2.24, 2.45) is 5.11 Å². The zero-order valence-corrected chi connectivity index (χ0v) is 11.1. The normalized spacial score (nSPS) is 20.1. The summed E-state index contributed by atoms with van der Waals surface area (Å²) in [7, 11) is 1.32. The van der Waals surface area contributed by atoms with Gasteiger partial charge in [0.15, 0.2) is 0 Å². The molecule has 7 heteroatoms. The van der Waals surface area contributed by atoms with E-state index in [0.717, 1.165) is 11.1 Å². The second kappa shape index (κ2) is 5.90. The Labute approximate surface area is 115 Å². The van der Waals surface area contributed by atoms with Crippen LogP contribution in [0.3, 0.4) is 0 Å². The van der Waals surface area contributed by atoms with Crippen molar-refractivity contribution in [1.82, 2.24) is 5.32 Å². The number of rotatable bonds is 5. The molecule has 6 nitrogen and oxygen atoms in total. The van der Waals surface area contributed by atoms with E-state index < -0.39 is 11.5 Å². The molecule has 0 radical (unpaired) electrons. The minimum Gasteiger partial charge on any atom is -0.467 e. The third-order valence-corrected chi connectivity index (χ3v) is 3.53. The third kappa shape index (κ3) is 2.45. The van der Waals surface area contributed by atoms with Gasteiger partial charge in [0.2, 0.25) is 0 Å². The van der Waals surface area contributed by atoms with Crippen molar-refractivity contribution < 1.29 is 13.9 Å². The molecule has 20 heavy (non-hydrogen) atoms. The first-order valence-corrected chi connectivity index (χ1v) is 6.27. The number of azide groups is 1. The highest BCUT2D eigenvalue weighted by molar-refractivity contribution is 5.84. The number of esters is 1. The zero-order valence-electron chi connectivity index (χ0n) is 11.1. The first-order chi connectivity index (χ1) is 9.64. The van der Waals surface area contributed by atoms with Gasteiger partial charge in [0.1, 0.15) is 11.4 Å². The van der Waals surface area contributed by atoms with Crippen molar-refractivity contribution in [3.05, 3.63) is 45.6 Å². The van der Waals surface area contributed by atoms with Crippen molar-refractivity contribution in [1.29, 1.82) is 0 Å². The van der Waals surface area contributed by atoms with Crippen molar-refractivity contribution >= 4 is 5.97 Å². The van der Waals surface area contributed by atoms with E-state index in [4.69, 9.17) is 10.3 Å². The molecule has 1 unspecified atom stereocenters. The standard InChI is InChI=1S/C13H15FN4O2/c1-20-12(19)13(16-6-7-17-18-15)5-4-9-8-10(14)2-3-11(9)13/h2-3,8,16H,4-7H2,1H3. The molecule has 0 aliphatic heterocycles. The van der Waals surface area contributed by atoms with Crippen molar-refractivity contribution in [2.45, 2.75) is 18.4 Å². The Bertz CT molecular complexity index is 571. The fourth-order valence-electron chi connectivity index (χ4n) is 2.65. The van der Waals surface area contributed by atoms with Crippen LogP contribution < -0.4 is 5.32 Å². The van der Waals surface area contributed by atoms with Gasteiger partial charge in [0, 0.05) is 18.0 Å². The third-order valence-electron chi connectivity index (χ3n) is 3.53. The van der Waals surface area contributed by atoms with Crippen LogP contribution in [0.5, 0.6) is 0 Å². The Morgan fingerprint density at radius 1 is 1.65 bits per heavy atom. The second-order valence-electron chi connectivity index (χ2n) is 4.58. The molecule has 2 rings (SSSR count). The number of carbonyl (C=O) groups excluding carboxylic acids is 1.